The highest BCUT2D eigenvalue weighted by molar-refractivity contribution is 6.18. The van der Waals surface area contributed by atoms with Gasteiger partial charge in [-0.05, 0) is 49.2 Å². The van der Waals surface area contributed by atoms with Gasteiger partial charge in [0.05, 0.1) is 17.8 Å². The van der Waals surface area contributed by atoms with Crippen LogP contribution in [0.3, 0.4) is 0 Å². The van der Waals surface area contributed by atoms with Gasteiger partial charge in [-0.15, -0.1) is 0 Å². The second-order valence-electron chi connectivity index (χ2n) is 8.51. The highest BCUT2D eigenvalue weighted by atomic mass is 19.1. The number of hydrogen-bond acceptors (Lipinski definition) is 4. The second kappa shape index (κ2) is 8.35. The summed E-state index contributed by atoms with van der Waals surface area (Å²) in [4.78, 5) is 42.2. The van der Waals surface area contributed by atoms with E-state index in [9.17, 15) is 18.8 Å². The fourth-order valence-corrected chi connectivity index (χ4v) is 5.13. The molecule has 0 aromatic heterocycles. The van der Waals surface area contributed by atoms with Gasteiger partial charge in [-0.25, -0.2) is 14.1 Å². The fraction of sp³-hybridized carbons (Fsp3) is 0.375. The van der Waals surface area contributed by atoms with Gasteiger partial charge >= 0.3 is 6.03 Å². The molecule has 4 atom stereocenters. The third-order valence-corrected chi connectivity index (χ3v) is 6.54. The summed E-state index contributed by atoms with van der Waals surface area (Å²) in [5.41, 5.74) is 0.884. The Morgan fingerprint density at radius 1 is 1.03 bits per heavy atom. The summed E-state index contributed by atoms with van der Waals surface area (Å²) in [6.07, 6.45) is 2.75. The molecule has 4 unspecified atom stereocenters. The number of nitrogens with one attached hydrogen (secondary N) is 1. The predicted octanol–water partition coefficient (Wildman–Crippen LogP) is 3.56. The van der Waals surface area contributed by atoms with Crippen LogP contribution >= 0.6 is 0 Å². The number of amides is 4. The summed E-state index contributed by atoms with van der Waals surface area (Å²) in [7, 11) is 0. The van der Waals surface area contributed by atoms with Gasteiger partial charge in [-0.3, -0.25) is 9.59 Å². The summed E-state index contributed by atoms with van der Waals surface area (Å²) in [6.45, 7) is -0.202. The summed E-state index contributed by atoms with van der Waals surface area (Å²) in [5, 5.41) is 2.81. The predicted molar refractivity (Wildman–Crippen MR) is 115 cm³/mol. The van der Waals surface area contributed by atoms with E-state index in [0.717, 1.165) is 30.6 Å². The van der Waals surface area contributed by atoms with Crippen LogP contribution in [0.2, 0.25) is 0 Å². The minimum absolute atomic E-state index is 0.0153. The van der Waals surface area contributed by atoms with Crippen LogP contribution in [0.15, 0.2) is 54.6 Å². The highest BCUT2D eigenvalue weighted by Crippen LogP contribution is 2.43. The number of rotatable bonds is 4. The molecule has 0 bridgehead atoms. The molecule has 4 amide bonds. The van der Waals surface area contributed by atoms with E-state index in [-0.39, 0.29) is 30.2 Å². The van der Waals surface area contributed by atoms with Crippen molar-refractivity contribution in [1.29, 1.82) is 0 Å². The van der Waals surface area contributed by atoms with E-state index in [0.29, 0.717) is 5.69 Å². The van der Waals surface area contributed by atoms with Gasteiger partial charge < -0.3 is 15.0 Å². The van der Waals surface area contributed by atoms with Crippen molar-refractivity contribution in [2.75, 3.05) is 16.8 Å². The van der Waals surface area contributed by atoms with Gasteiger partial charge in [0.25, 0.3) is 5.91 Å². The normalized spacial score (nSPS) is 27.2. The molecule has 2 aromatic carbocycles. The van der Waals surface area contributed by atoms with Crippen LogP contribution in [0, 0.1) is 11.7 Å². The van der Waals surface area contributed by atoms with Crippen molar-refractivity contribution >= 4 is 29.2 Å². The van der Waals surface area contributed by atoms with Crippen LogP contribution in [0.5, 0.6) is 0 Å². The molecule has 8 heteroatoms. The third-order valence-electron chi connectivity index (χ3n) is 6.54. The number of hydrogen-bond donors (Lipinski definition) is 1. The lowest BCUT2D eigenvalue weighted by Crippen LogP contribution is -2.65. The molecule has 1 saturated carbocycles. The SMILES string of the molecule is O=C(CN1C(=O)N(c2ccc(F)cc2)C(=O)C2OC3CCCCC3C21)Nc1ccccc1. The molecule has 2 heterocycles. The van der Waals surface area contributed by atoms with Gasteiger partial charge in [-0.2, -0.15) is 0 Å². The Morgan fingerprint density at radius 3 is 2.50 bits per heavy atom. The van der Waals surface area contributed by atoms with Gasteiger partial charge in [-0.1, -0.05) is 31.0 Å². The van der Waals surface area contributed by atoms with Gasteiger partial charge in [0.15, 0.2) is 6.10 Å². The maximum Gasteiger partial charge on any atom is 0.332 e. The van der Waals surface area contributed by atoms with Crippen molar-refractivity contribution in [1.82, 2.24) is 4.90 Å². The average molecular weight is 437 g/mol. The third kappa shape index (κ3) is 3.64. The Morgan fingerprint density at radius 2 is 1.75 bits per heavy atom. The maximum atomic E-state index is 13.5. The highest BCUT2D eigenvalue weighted by Gasteiger charge is 2.58. The monoisotopic (exact) mass is 437 g/mol. The number of carbonyl (C=O) groups excluding carboxylic acids is 3. The van der Waals surface area contributed by atoms with Crippen molar-refractivity contribution in [3.05, 3.63) is 60.4 Å². The van der Waals surface area contributed by atoms with E-state index in [1.165, 1.54) is 29.2 Å². The Kier molecular flexibility index (Phi) is 5.38. The van der Waals surface area contributed by atoms with Crippen LogP contribution in [-0.4, -0.2) is 47.5 Å². The molecular formula is C24H24FN3O4. The zero-order valence-corrected chi connectivity index (χ0v) is 17.4. The van der Waals surface area contributed by atoms with E-state index in [1.54, 1.807) is 12.1 Å². The van der Waals surface area contributed by atoms with E-state index in [1.807, 2.05) is 18.2 Å². The Balaban J connectivity index is 1.46. The van der Waals surface area contributed by atoms with E-state index in [4.69, 9.17) is 4.74 Å². The first-order chi connectivity index (χ1) is 15.5. The molecular weight excluding hydrogens is 413 g/mol. The molecule has 0 spiro atoms. The van der Waals surface area contributed by atoms with Crippen LogP contribution in [0.1, 0.15) is 25.7 Å². The molecule has 1 aliphatic carbocycles. The summed E-state index contributed by atoms with van der Waals surface area (Å²) >= 11 is 0. The minimum Gasteiger partial charge on any atom is -0.363 e. The van der Waals surface area contributed by atoms with Gasteiger partial charge in [0, 0.05) is 11.6 Å². The molecule has 3 fully saturated rings. The zero-order chi connectivity index (χ0) is 22.2. The topological polar surface area (TPSA) is 79.0 Å². The van der Waals surface area contributed by atoms with E-state index < -0.39 is 29.9 Å². The van der Waals surface area contributed by atoms with Crippen LogP contribution in [-0.2, 0) is 14.3 Å². The molecule has 0 radical (unpaired) electrons. The molecule has 5 rings (SSSR count). The number of benzene rings is 2. The smallest absolute Gasteiger partial charge is 0.332 e. The summed E-state index contributed by atoms with van der Waals surface area (Å²) < 4.78 is 19.6. The Labute approximate surface area is 185 Å². The van der Waals surface area contributed by atoms with Crippen LogP contribution < -0.4 is 10.2 Å². The number of imide groups is 1. The fourth-order valence-electron chi connectivity index (χ4n) is 5.13. The van der Waals surface area contributed by atoms with Crippen molar-refractivity contribution in [3.63, 3.8) is 0 Å². The van der Waals surface area contributed by atoms with Crippen LogP contribution in [0.4, 0.5) is 20.6 Å². The Bertz CT molecular complexity index is 1030. The number of urea groups is 1. The largest absolute Gasteiger partial charge is 0.363 e. The quantitative estimate of drug-likeness (QED) is 0.793. The molecule has 2 aliphatic heterocycles. The summed E-state index contributed by atoms with van der Waals surface area (Å²) in [6, 6.07) is 13.1. The molecule has 7 nitrogen and oxygen atoms in total. The molecule has 1 N–H and O–H groups in total. The summed E-state index contributed by atoms with van der Waals surface area (Å²) in [5.74, 6) is -1.26. The Hall–Kier alpha value is -3.26. The lowest BCUT2D eigenvalue weighted by Gasteiger charge is -2.42. The molecule has 166 valence electrons. The second-order valence-corrected chi connectivity index (χ2v) is 8.51. The number of halogens is 1. The van der Waals surface area contributed by atoms with Crippen molar-refractivity contribution in [2.24, 2.45) is 5.92 Å². The first kappa shape index (κ1) is 20.6. The minimum atomic E-state index is -0.838. The standard InChI is InChI=1S/C24H24FN3O4/c25-15-10-12-17(13-11-15)28-23(30)22-21(18-8-4-5-9-19(18)32-22)27(24(28)31)14-20(29)26-16-6-2-1-3-7-16/h1-3,6-7,10-13,18-19,21-22H,4-5,8-9,14H2,(H,26,29). The van der Waals surface area contributed by atoms with E-state index >= 15 is 0 Å². The number of para-hydroxylation sites is 1. The van der Waals surface area contributed by atoms with E-state index in [2.05, 4.69) is 5.32 Å². The number of nitrogens with zero attached hydrogens (tertiary/aromatic N) is 2. The molecule has 2 aromatic rings. The van der Waals surface area contributed by atoms with Crippen molar-refractivity contribution < 1.29 is 23.5 Å². The first-order valence-corrected chi connectivity index (χ1v) is 10.9. The average Bonchev–Trinajstić information content (AvgIpc) is 3.19. The number of ether oxygens (including phenoxy) is 1. The number of fused-ring (bicyclic) bond motifs is 3. The zero-order valence-electron chi connectivity index (χ0n) is 17.4. The molecule has 3 aliphatic rings. The first-order valence-electron chi connectivity index (χ1n) is 10.9. The van der Waals surface area contributed by atoms with Crippen molar-refractivity contribution in [3.8, 4) is 0 Å². The number of carbonyl (C=O) groups is 3. The lowest BCUT2D eigenvalue weighted by atomic mass is 9.81. The van der Waals surface area contributed by atoms with Gasteiger partial charge in [0.2, 0.25) is 5.91 Å². The van der Waals surface area contributed by atoms with Gasteiger partial charge in [0.1, 0.15) is 12.4 Å². The maximum absolute atomic E-state index is 13.5. The number of anilines is 2. The lowest BCUT2D eigenvalue weighted by molar-refractivity contribution is -0.133. The molecule has 32 heavy (non-hydrogen) atoms. The van der Waals surface area contributed by atoms with Crippen molar-refractivity contribution in [2.45, 2.75) is 43.9 Å². The van der Waals surface area contributed by atoms with Crippen LogP contribution in [0.25, 0.3) is 0 Å². The molecule has 2 saturated heterocycles.